The summed E-state index contributed by atoms with van der Waals surface area (Å²) in [6.07, 6.45) is 2.48. The summed E-state index contributed by atoms with van der Waals surface area (Å²) >= 11 is 0. The molecule has 5 rings (SSSR count). The van der Waals surface area contributed by atoms with Crippen LogP contribution in [0.25, 0.3) is 11.3 Å². The zero-order valence-corrected chi connectivity index (χ0v) is 19.5. The maximum Gasteiger partial charge on any atom is 0.228 e. The Morgan fingerprint density at radius 1 is 1.21 bits per heavy atom. The van der Waals surface area contributed by atoms with Crippen LogP contribution in [0.1, 0.15) is 56.1 Å². The van der Waals surface area contributed by atoms with Crippen molar-refractivity contribution in [3.05, 3.63) is 59.4 Å². The van der Waals surface area contributed by atoms with Crippen molar-refractivity contribution in [2.24, 2.45) is 0 Å². The fourth-order valence-electron chi connectivity index (χ4n) is 3.84. The van der Waals surface area contributed by atoms with Crippen molar-refractivity contribution in [1.29, 1.82) is 5.26 Å². The van der Waals surface area contributed by atoms with Crippen molar-refractivity contribution in [3.63, 3.8) is 0 Å². The Morgan fingerprint density at radius 3 is 2.76 bits per heavy atom. The number of aromatic nitrogens is 6. The number of aryl methyl sites for hydroxylation is 1. The van der Waals surface area contributed by atoms with Gasteiger partial charge >= 0.3 is 0 Å². The number of hydrogen-bond donors (Lipinski definition) is 2. The van der Waals surface area contributed by atoms with Gasteiger partial charge in [-0.1, -0.05) is 25.9 Å². The van der Waals surface area contributed by atoms with E-state index in [9.17, 15) is 5.26 Å². The Kier molecular flexibility index (Phi) is 5.24. The molecular formula is C24H25N9O. The second-order valence-electron chi connectivity index (χ2n) is 9.36. The van der Waals surface area contributed by atoms with Crippen molar-refractivity contribution >= 4 is 17.6 Å². The molecule has 1 aliphatic rings. The first-order valence-electron chi connectivity index (χ1n) is 11.1. The zero-order chi connectivity index (χ0) is 23.9. The smallest absolute Gasteiger partial charge is 0.228 e. The quantitative estimate of drug-likeness (QED) is 0.448. The van der Waals surface area contributed by atoms with Crippen LogP contribution in [0.2, 0.25) is 0 Å². The standard InChI is InChI=1S/C24H25N9O/c1-14-10-21(28-22-12-20(30-31-22)24(2,3)4)29-23(27-14)33-9-7-18(33)19-11-16(32-34-19)15-6-5-8-26-17(15)13-25/h5-6,8,10-12,18H,7,9H2,1-4H3,(H2,27,28,29,30,31). The molecule has 1 unspecified atom stereocenters. The van der Waals surface area contributed by atoms with Gasteiger partial charge < -0.3 is 14.7 Å². The van der Waals surface area contributed by atoms with E-state index in [1.807, 2.05) is 31.2 Å². The maximum atomic E-state index is 9.33. The lowest BCUT2D eigenvalue weighted by Crippen LogP contribution is -2.42. The Balaban J connectivity index is 1.37. The number of hydrogen-bond acceptors (Lipinski definition) is 9. The Hall–Kier alpha value is -4.26. The molecule has 0 radical (unpaired) electrons. The first-order valence-corrected chi connectivity index (χ1v) is 11.1. The van der Waals surface area contributed by atoms with Crippen molar-refractivity contribution < 1.29 is 4.52 Å². The molecule has 5 heterocycles. The summed E-state index contributed by atoms with van der Waals surface area (Å²) < 4.78 is 5.65. The fourth-order valence-corrected chi connectivity index (χ4v) is 3.84. The van der Waals surface area contributed by atoms with E-state index in [0.717, 1.165) is 24.4 Å². The number of anilines is 3. The molecule has 0 aliphatic carbocycles. The highest BCUT2D eigenvalue weighted by atomic mass is 16.5. The molecule has 2 N–H and O–H groups in total. The van der Waals surface area contributed by atoms with Crippen molar-refractivity contribution in [3.8, 4) is 17.3 Å². The van der Waals surface area contributed by atoms with Gasteiger partial charge in [0.25, 0.3) is 0 Å². The molecular weight excluding hydrogens is 430 g/mol. The second-order valence-corrected chi connectivity index (χ2v) is 9.36. The molecule has 0 bridgehead atoms. The van der Waals surface area contributed by atoms with Gasteiger partial charge in [-0.3, -0.25) is 5.10 Å². The largest absolute Gasteiger partial charge is 0.359 e. The van der Waals surface area contributed by atoms with Gasteiger partial charge in [-0.25, -0.2) is 9.97 Å². The summed E-state index contributed by atoms with van der Waals surface area (Å²) in [5, 5.41) is 24.2. The predicted octanol–water partition coefficient (Wildman–Crippen LogP) is 4.42. The van der Waals surface area contributed by atoms with Gasteiger partial charge in [-0.2, -0.15) is 15.3 Å². The van der Waals surface area contributed by atoms with E-state index in [4.69, 9.17) is 9.51 Å². The summed E-state index contributed by atoms with van der Waals surface area (Å²) in [6.45, 7) is 9.13. The lowest BCUT2D eigenvalue weighted by Gasteiger charge is -2.39. The molecule has 4 aromatic heterocycles. The molecule has 1 aliphatic heterocycles. The molecule has 4 aromatic rings. The number of nitrogens with one attached hydrogen (secondary N) is 2. The topological polar surface area (TPSA) is 132 Å². The lowest BCUT2D eigenvalue weighted by atomic mass is 9.92. The second kappa shape index (κ2) is 8.26. The summed E-state index contributed by atoms with van der Waals surface area (Å²) in [6, 6.07) is 11.4. The molecule has 172 valence electrons. The van der Waals surface area contributed by atoms with E-state index in [1.54, 1.807) is 12.3 Å². The SMILES string of the molecule is Cc1cc(Nc2cc(C(C)(C)C)[nH]n2)nc(N2CCC2c2cc(-c3cccnc3C#N)no2)n1. The molecule has 1 saturated heterocycles. The monoisotopic (exact) mass is 455 g/mol. The van der Waals surface area contributed by atoms with Crippen LogP contribution in [-0.4, -0.2) is 36.9 Å². The summed E-state index contributed by atoms with van der Waals surface area (Å²) in [4.78, 5) is 15.6. The molecule has 1 atom stereocenters. The third-order valence-electron chi connectivity index (χ3n) is 5.81. The van der Waals surface area contributed by atoms with Gasteiger partial charge in [0, 0.05) is 53.3 Å². The van der Waals surface area contributed by atoms with E-state index >= 15 is 0 Å². The minimum Gasteiger partial charge on any atom is -0.359 e. The normalized spacial score (nSPS) is 15.6. The number of aromatic amines is 1. The molecule has 0 saturated carbocycles. The molecule has 0 amide bonds. The molecule has 1 fully saturated rings. The van der Waals surface area contributed by atoms with Crippen LogP contribution < -0.4 is 10.2 Å². The first kappa shape index (κ1) is 21.6. The van der Waals surface area contributed by atoms with E-state index in [1.165, 1.54) is 0 Å². The molecule has 10 heteroatoms. The molecule has 10 nitrogen and oxygen atoms in total. The highest BCUT2D eigenvalue weighted by Gasteiger charge is 2.35. The van der Waals surface area contributed by atoms with Crippen LogP contribution in [0.4, 0.5) is 17.6 Å². The third kappa shape index (κ3) is 4.08. The van der Waals surface area contributed by atoms with Crippen LogP contribution in [0.15, 0.2) is 41.1 Å². The van der Waals surface area contributed by atoms with Crippen molar-refractivity contribution in [2.45, 2.75) is 45.6 Å². The molecule has 0 spiro atoms. The number of nitriles is 1. The maximum absolute atomic E-state index is 9.33. The number of rotatable bonds is 5. The molecule has 34 heavy (non-hydrogen) atoms. The highest BCUT2D eigenvalue weighted by Crippen LogP contribution is 2.38. The van der Waals surface area contributed by atoms with Gasteiger partial charge in [0.2, 0.25) is 5.95 Å². The zero-order valence-electron chi connectivity index (χ0n) is 19.5. The lowest BCUT2D eigenvalue weighted by molar-refractivity contribution is 0.315. The van der Waals surface area contributed by atoms with E-state index in [2.05, 4.69) is 62.4 Å². The first-order chi connectivity index (χ1) is 16.3. The van der Waals surface area contributed by atoms with E-state index in [0.29, 0.717) is 40.3 Å². The molecule has 0 aromatic carbocycles. The summed E-state index contributed by atoms with van der Waals surface area (Å²) in [5.74, 6) is 2.70. The number of nitrogens with zero attached hydrogens (tertiary/aromatic N) is 7. The van der Waals surface area contributed by atoms with E-state index < -0.39 is 0 Å². The van der Waals surface area contributed by atoms with Gasteiger partial charge in [0.1, 0.15) is 23.3 Å². The van der Waals surface area contributed by atoms with Gasteiger partial charge in [-0.05, 0) is 25.5 Å². The average Bonchev–Trinajstić information content (AvgIpc) is 3.42. The van der Waals surface area contributed by atoms with Crippen molar-refractivity contribution in [2.75, 3.05) is 16.8 Å². The fraction of sp³-hybridized carbons (Fsp3) is 0.333. The van der Waals surface area contributed by atoms with Crippen LogP contribution in [0, 0.1) is 18.3 Å². The predicted molar refractivity (Wildman–Crippen MR) is 126 cm³/mol. The van der Waals surface area contributed by atoms with Crippen LogP contribution >= 0.6 is 0 Å². The minimum absolute atomic E-state index is 0.0235. The van der Waals surface area contributed by atoms with Gasteiger partial charge in [0.15, 0.2) is 11.6 Å². The van der Waals surface area contributed by atoms with Crippen LogP contribution in [-0.2, 0) is 5.41 Å². The minimum atomic E-state index is -0.0315. The van der Waals surface area contributed by atoms with Gasteiger partial charge in [0.05, 0.1) is 6.04 Å². The van der Waals surface area contributed by atoms with Crippen molar-refractivity contribution in [1.82, 2.24) is 30.3 Å². The number of pyridine rings is 1. The Labute approximate surface area is 197 Å². The summed E-state index contributed by atoms with van der Waals surface area (Å²) in [5.41, 5.74) is 3.42. The summed E-state index contributed by atoms with van der Waals surface area (Å²) in [7, 11) is 0. The van der Waals surface area contributed by atoms with Crippen LogP contribution in [0.5, 0.6) is 0 Å². The average molecular weight is 456 g/mol. The number of H-pyrrole nitrogens is 1. The van der Waals surface area contributed by atoms with Crippen LogP contribution in [0.3, 0.4) is 0 Å². The van der Waals surface area contributed by atoms with E-state index in [-0.39, 0.29) is 11.5 Å². The Morgan fingerprint density at radius 2 is 2.06 bits per heavy atom. The Bertz CT molecular complexity index is 1380. The third-order valence-corrected chi connectivity index (χ3v) is 5.81. The highest BCUT2D eigenvalue weighted by molar-refractivity contribution is 5.65. The van der Waals surface area contributed by atoms with Gasteiger partial charge in [-0.15, -0.1) is 0 Å².